The minimum absolute atomic E-state index is 0.157. The maximum absolute atomic E-state index is 9.75. The second kappa shape index (κ2) is 3.86. The van der Waals surface area contributed by atoms with Crippen molar-refractivity contribution in [3.05, 3.63) is 48.0 Å². The molecule has 0 unspecified atom stereocenters. The van der Waals surface area contributed by atoms with Crippen molar-refractivity contribution < 1.29 is 9.22 Å². The van der Waals surface area contributed by atoms with Crippen molar-refractivity contribution in [2.75, 3.05) is 0 Å². The van der Waals surface area contributed by atoms with Crippen LogP contribution < -0.4 is 0 Å². The molecule has 3 heteroatoms. The van der Waals surface area contributed by atoms with Crippen molar-refractivity contribution in [1.29, 1.82) is 0 Å². The predicted octanol–water partition coefficient (Wildman–Crippen LogP) is 3.98. The summed E-state index contributed by atoms with van der Waals surface area (Å²) in [5, 5.41) is 10.5. The molecular formula is C14H11NOS. The summed E-state index contributed by atoms with van der Waals surface area (Å²) in [6.45, 7) is -2.09. The third-order valence-electron chi connectivity index (χ3n) is 2.53. The largest absolute Gasteiger partial charge is 0.506 e. The molecule has 3 rings (SSSR count). The second-order valence-electron chi connectivity index (χ2n) is 3.72. The normalized spacial score (nSPS) is 14.2. The first-order valence-electron chi connectivity index (χ1n) is 6.64. The van der Waals surface area contributed by atoms with E-state index < -0.39 is 6.85 Å². The molecule has 1 heterocycles. The van der Waals surface area contributed by atoms with E-state index in [1.807, 2.05) is 6.07 Å². The van der Waals surface area contributed by atoms with Crippen molar-refractivity contribution >= 4 is 21.6 Å². The van der Waals surface area contributed by atoms with Gasteiger partial charge in [-0.1, -0.05) is 35.9 Å². The number of para-hydroxylation sites is 1. The van der Waals surface area contributed by atoms with Crippen molar-refractivity contribution in [3.63, 3.8) is 0 Å². The molecule has 2 nitrogen and oxygen atoms in total. The van der Waals surface area contributed by atoms with Gasteiger partial charge in [0, 0.05) is 9.68 Å². The quantitative estimate of drug-likeness (QED) is 0.702. The first-order chi connectivity index (χ1) is 9.45. The Balaban J connectivity index is 2.05. The van der Waals surface area contributed by atoms with E-state index in [1.165, 1.54) is 11.3 Å². The Morgan fingerprint density at radius 3 is 2.71 bits per heavy atom. The van der Waals surface area contributed by atoms with Crippen LogP contribution in [0.15, 0.2) is 42.5 Å². The first-order valence-corrected chi connectivity index (χ1v) is 5.96. The average Bonchev–Trinajstić information content (AvgIpc) is 2.83. The zero-order valence-corrected chi connectivity index (χ0v) is 9.66. The lowest BCUT2D eigenvalue weighted by Gasteiger charge is -1.95. The Morgan fingerprint density at radius 2 is 2.00 bits per heavy atom. The fourth-order valence-electron chi connectivity index (χ4n) is 1.67. The highest BCUT2D eigenvalue weighted by atomic mass is 32.1. The number of aromatic nitrogens is 1. The summed E-state index contributed by atoms with van der Waals surface area (Å²) in [5.41, 5.74) is 1.73. The van der Waals surface area contributed by atoms with E-state index in [9.17, 15) is 5.11 Å². The lowest BCUT2D eigenvalue weighted by Crippen LogP contribution is -1.76. The van der Waals surface area contributed by atoms with Gasteiger partial charge in [0.15, 0.2) is 0 Å². The van der Waals surface area contributed by atoms with E-state index in [0.717, 1.165) is 15.3 Å². The molecule has 0 radical (unpaired) electrons. The molecule has 0 aliphatic rings. The summed E-state index contributed by atoms with van der Waals surface area (Å²) in [5.74, 6) is 0.157. The molecule has 0 saturated carbocycles. The highest BCUT2D eigenvalue weighted by Gasteiger charge is 2.08. The number of aromatic hydroxyl groups is 1. The molecule has 1 aromatic heterocycles. The molecule has 0 bridgehead atoms. The third-order valence-corrected chi connectivity index (χ3v) is 3.60. The van der Waals surface area contributed by atoms with Crippen LogP contribution in [0.2, 0.25) is 0 Å². The summed E-state index contributed by atoms with van der Waals surface area (Å²) >= 11 is 1.47. The lowest BCUT2D eigenvalue weighted by molar-refractivity contribution is 0.480. The van der Waals surface area contributed by atoms with Crippen molar-refractivity contribution in [2.45, 2.75) is 6.85 Å². The van der Waals surface area contributed by atoms with Gasteiger partial charge in [-0.25, -0.2) is 4.98 Å². The number of phenols is 1. The second-order valence-corrected chi connectivity index (χ2v) is 4.75. The monoisotopic (exact) mass is 244 g/mol. The Hall–Kier alpha value is -1.87. The van der Waals surface area contributed by atoms with Crippen LogP contribution in [0.1, 0.15) is 9.68 Å². The molecular weight excluding hydrogens is 230 g/mol. The van der Waals surface area contributed by atoms with Gasteiger partial charge in [-0.2, -0.15) is 0 Å². The van der Waals surface area contributed by atoms with Gasteiger partial charge < -0.3 is 5.11 Å². The number of fused-ring (bicyclic) bond motifs is 1. The first kappa shape index (κ1) is 7.45. The summed E-state index contributed by atoms with van der Waals surface area (Å²) in [4.78, 5) is 4.40. The van der Waals surface area contributed by atoms with Crippen molar-refractivity contribution in [3.8, 4) is 16.3 Å². The number of rotatable bonds is 1. The van der Waals surface area contributed by atoms with Crippen molar-refractivity contribution in [2.24, 2.45) is 0 Å². The third kappa shape index (κ3) is 1.78. The number of hydrogen-bond donors (Lipinski definition) is 1. The molecule has 3 aromatic rings. The lowest BCUT2D eigenvalue weighted by atomic mass is 10.2. The molecule has 0 fully saturated rings. The molecule has 1 N–H and O–H groups in total. The Bertz CT molecular complexity index is 762. The molecule has 17 heavy (non-hydrogen) atoms. The molecule has 0 amide bonds. The van der Waals surface area contributed by atoms with Crippen molar-refractivity contribution in [1.82, 2.24) is 4.98 Å². The van der Waals surface area contributed by atoms with Gasteiger partial charge in [0.25, 0.3) is 0 Å². The molecule has 0 spiro atoms. The van der Waals surface area contributed by atoms with Gasteiger partial charge in [-0.3, -0.25) is 0 Å². The number of nitrogens with zero attached hydrogens (tertiary/aromatic N) is 1. The highest BCUT2D eigenvalue weighted by Crippen LogP contribution is 2.33. The van der Waals surface area contributed by atoms with Gasteiger partial charge in [0.05, 0.1) is 4.70 Å². The Labute approximate surface area is 107 Å². The van der Waals surface area contributed by atoms with E-state index >= 15 is 0 Å². The average molecular weight is 244 g/mol. The summed E-state index contributed by atoms with van der Waals surface area (Å²) in [7, 11) is 0. The molecule has 84 valence electrons. The van der Waals surface area contributed by atoms with Crippen LogP contribution in [0.25, 0.3) is 20.8 Å². The van der Waals surface area contributed by atoms with Gasteiger partial charge in [0.2, 0.25) is 0 Å². The number of hydrogen-bond acceptors (Lipinski definition) is 3. The van der Waals surface area contributed by atoms with Crippen LogP contribution >= 0.6 is 11.3 Å². The van der Waals surface area contributed by atoms with E-state index in [4.69, 9.17) is 4.11 Å². The predicted molar refractivity (Wildman–Crippen MR) is 71.5 cm³/mol. The zero-order valence-electron chi connectivity index (χ0n) is 11.8. The van der Waals surface area contributed by atoms with E-state index in [0.29, 0.717) is 11.1 Å². The fourth-order valence-corrected chi connectivity index (χ4v) is 2.66. The van der Waals surface area contributed by atoms with Crippen LogP contribution in [-0.2, 0) is 0 Å². The van der Waals surface area contributed by atoms with Gasteiger partial charge in [-0.05, 0) is 19.0 Å². The number of benzene rings is 2. The fraction of sp³-hybridized carbons (Fsp3) is 0.0714. The zero-order chi connectivity index (χ0) is 14.3. The van der Waals surface area contributed by atoms with Gasteiger partial charge >= 0.3 is 0 Å². The minimum atomic E-state index is -2.09. The van der Waals surface area contributed by atoms with Crippen LogP contribution in [0, 0.1) is 6.85 Å². The van der Waals surface area contributed by atoms with Crippen LogP contribution in [0.4, 0.5) is 0 Å². The Kier molecular flexibility index (Phi) is 1.69. The standard InChI is InChI=1S/C14H11NOS/c1-9-5-7-10(8-6-9)14-15-13-11(16)3-2-4-12(13)17-14/h2-8,16H,1H3/i1D3. The minimum Gasteiger partial charge on any atom is -0.506 e. The maximum Gasteiger partial charge on any atom is 0.142 e. The van der Waals surface area contributed by atoms with E-state index in [2.05, 4.69) is 4.98 Å². The van der Waals surface area contributed by atoms with Crippen LogP contribution in [0.3, 0.4) is 0 Å². The van der Waals surface area contributed by atoms with Crippen LogP contribution in [0.5, 0.6) is 5.75 Å². The summed E-state index contributed by atoms with van der Waals surface area (Å²) in [6, 6.07) is 11.9. The molecule has 2 aromatic carbocycles. The van der Waals surface area contributed by atoms with E-state index in [-0.39, 0.29) is 5.75 Å². The summed E-state index contributed by atoms with van der Waals surface area (Å²) in [6.07, 6.45) is 0. The highest BCUT2D eigenvalue weighted by molar-refractivity contribution is 7.21. The maximum atomic E-state index is 9.75. The SMILES string of the molecule is [2H]C([2H])([2H])c1ccc(-c2nc3c(O)cccc3s2)cc1. The molecule has 0 saturated heterocycles. The Morgan fingerprint density at radius 1 is 1.18 bits per heavy atom. The molecule has 0 aliphatic carbocycles. The number of thiazole rings is 1. The molecule has 0 atom stereocenters. The smallest absolute Gasteiger partial charge is 0.142 e. The number of aryl methyl sites for hydroxylation is 1. The van der Waals surface area contributed by atoms with Gasteiger partial charge in [-0.15, -0.1) is 11.3 Å². The number of phenolic OH excluding ortho intramolecular Hbond substituents is 1. The molecule has 0 aliphatic heterocycles. The van der Waals surface area contributed by atoms with Gasteiger partial charge in [0.1, 0.15) is 16.3 Å². The van der Waals surface area contributed by atoms with Crippen LogP contribution in [-0.4, -0.2) is 10.1 Å². The van der Waals surface area contributed by atoms with E-state index in [1.54, 1.807) is 36.4 Å². The topological polar surface area (TPSA) is 33.1 Å². The summed E-state index contributed by atoms with van der Waals surface area (Å²) < 4.78 is 23.0.